The fourth-order valence-corrected chi connectivity index (χ4v) is 5.32. The number of likely N-dealkylation sites (N-methyl/N-ethyl adjacent to an activating group) is 1. The van der Waals surface area contributed by atoms with Crippen molar-refractivity contribution in [1.29, 1.82) is 0 Å². The molecular weight excluding hydrogens is 612 g/mol. The van der Waals surface area contributed by atoms with E-state index in [4.69, 9.17) is 14.2 Å². The van der Waals surface area contributed by atoms with Crippen molar-refractivity contribution in [3.8, 4) is 5.75 Å². The summed E-state index contributed by atoms with van der Waals surface area (Å²) in [6.45, 7) is 14.6. The Morgan fingerprint density at radius 1 is 0.917 bits per heavy atom. The maximum atomic E-state index is 14.3. The molecule has 0 aliphatic rings. The second-order valence-corrected chi connectivity index (χ2v) is 12.6. The van der Waals surface area contributed by atoms with E-state index in [1.54, 1.807) is 20.2 Å². The van der Waals surface area contributed by atoms with E-state index in [0.29, 0.717) is 25.5 Å². The number of hydrogen-bond acceptors (Lipinski definition) is 8. The molecular formula is C36H52N6O6. The Kier molecular flexibility index (Phi) is 14.6. The number of carbonyl (C=O) groups is 3. The van der Waals surface area contributed by atoms with Crippen LogP contribution in [0.3, 0.4) is 0 Å². The summed E-state index contributed by atoms with van der Waals surface area (Å²) >= 11 is 0. The molecule has 0 fully saturated rings. The smallest absolute Gasteiger partial charge is 0.329 e. The van der Waals surface area contributed by atoms with E-state index in [-0.39, 0.29) is 24.5 Å². The monoisotopic (exact) mass is 664 g/mol. The highest BCUT2D eigenvalue weighted by molar-refractivity contribution is 5.90. The number of rotatable bonds is 17. The van der Waals surface area contributed by atoms with Gasteiger partial charge in [0.05, 0.1) is 18.1 Å². The summed E-state index contributed by atoms with van der Waals surface area (Å²) in [6.07, 6.45) is 1.32. The van der Waals surface area contributed by atoms with Crippen molar-refractivity contribution in [2.75, 3.05) is 33.4 Å². The van der Waals surface area contributed by atoms with Crippen LogP contribution in [-0.4, -0.2) is 79.1 Å². The van der Waals surface area contributed by atoms with E-state index in [9.17, 15) is 14.4 Å². The van der Waals surface area contributed by atoms with E-state index in [2.05, 4.69) is 26.4 Å². The van der Waals surface area contributed by atoms with Crippen LogP contribution in [-0.2, 0) is 25.5 Å². The largest absolute Gasteiger partial charge is 0.488 e. The number of fused-ring (bicyclic) bond motifs is 1. The van der Waals surface area contributed by atoms with Crippen molar-refractivity contribution < 1.29 is 28.6 Å². The topological polar surface area (TPSA) is 143 Å². The minimum absolute atomic E-state index is 0.177. The first-order valence-corrected chi connectivity index (χ1v) is 16.5. The van der Waals surface area contributed by atoms with Crippen molar-refractivity contribution in [3.63, 3.8) is 0 Å². The SMILES string of the molecule is CCNC(=O)NN(C)CC(=O)NC(Cc1ccc(OC(C)(C)C)cc1)C(=O)N[C@H](c1cccc2cccnc12)[C@H](C)C(OCC)OCC. The van der Waals surface area contributed by atoms with Crippen LogP contribution in [0.5, 0.6) is 5.75 Å². The molecule has 12 nitrogen and oxygen atoms in total. The Hall–Kier alpha value is -4.26. The van der Waals surface area contributed by atoms with Gasteiger partial charge in [-0.1, -0.05) is 43.3 Å². The standard InChI is InChI=1S/C36H52N6O6/c1-9-37-35(45)41-42(8)23-30(43)39-29(22-25-17-19-27(20-18-25)48-36(5,6)7)33(44)40-31(24(4)34(46-10-2)47-11-3)28-16-12-14-26-15-13-21-38-32(26)28/h12-21,24,29,31,34H,9-11,22-23H2,1-8H3,(H,39,43)(H,40,44)(H2,37,41,45)/t24-,29?,31-/m0/s1. The minimum Gasteiger partial charge on any atom is -0.488 e. The first-order chi connectivity index (χ1) is 22.8. The fourth-order valence-electron chi connectivity index (χ4n) is 5.32. The summed E-state index contributed by atoms with van der Waals surface area (Å²) in [5.74, 6) is -0.474. The van der Waals surface area contributed by atoms with E-state index in [1.807, 2.05) is 96.1 Å². The lowest BCUT2D eigenvalue weighted by molar-refractivity contribution is -0.170. The van der Waals surface area contributed by atoms with Crippen molar-refractivity contribution in [3.05, 3.63) is 71.9 Å². The van der Waals surface area contributed by atoms with E-state index >= 15 is 0 Å². The van der Waals surface area contributed by atoms with E-state index < -0.39 is 36.2 Å². The highest BCUT2D eigenvalue weighted by Gasteiger charge is 2.33. The van der Waals surface area contributed by atoms with Gasteiger partial charge in [-0.15, -0.1) is 0 Å². The number of hydrogen-bond donors (Lipinski definition) is 4. The zero-order chi connectivity index (χ0) is 35.3. The maximum Gasteiger partial charge on any atom is 0.329 e. The molecule has 0 bridgehead atoms. The average molecular weight is 665 g/mol. The number of aromatic nitrogens is 1. The molecule has 3 atom stereocenters. The Balaban J connectivity index is 1.95. The fraction of sp³-hybridized carbons (Fsp3) is 0.500. The molecule has 0 aliphatic heterocycles. The number of benzene rings is 2. The summed E-state index contributed by atoms with van der Waals surface area (Å²) in [4.78, 5) is 44.2. The van der Waals surface area contributed by atoms with Crippen LogP contribution >= 0.6 is 0 Å². The summed E-state index contributed by atoms with van der Waals surface area (Å²) in [6, 6.07) is 15.2. The number of pyridine rings is 1. The molecule has 1 aromatic heterocycles. The molecule has 2 aromatic carbocycles. The highest BCUT2D eigenvalue weighted by atomic mass is 16.7. The first-order valence-electron chi connectivity index (χ1n) is 16.5. The van der Waals surface area contributed by atoms with Crippen LogP contribution in [0.2, 0.25) is 0 Å². The Bertz CT molecular complexity index is 1470. The molecule has 262 valence electrons. The van der Waals surface area contributed by atoms with Crippen LogP contribution < -0.4 is 26.1 Å². The molecule has 3 rings (SSSR count). The van der Waals surface area contributed by atoms with Gasteiger partial charge in [0.1, 0.15) is 17.4 Å². The van der Waals surface area contributed by atoms with E-state index in [0.717, 1.165) is 22.0 Å². The van der Waals surface area contributed by atoms with Crippen LogP contribution in [0.25, 0.3) is 10.9 Å². The van der Waals surface area contributed by atoms with Crippen LogP contribution in [0, 0.1) is 5.92 Å². The van der Waals surface area contributed by atoms with Gasteiger partial charge in [-0.3, -0.25) is 20.0 Å². The lowest BCUT2D eigenvalue weighted by atomic mass is 9.91. The van der Waals surface area contributed by atoms with Gasteiger partial charge in [-0.05, 0) is 65.3 Å². The summed E-state index contributed by atoms with van der Waals surface area (Å²) in [5, 5.41) is 11.0. The number of carbonyl (C=O) groups excluding carboxylic acids is 3. The van der Waals surface area contributed by atoms with Crippen LogP contribution in [0.1, 0.15) is 65.6 Å². The second-order valence-electron chi connectivity index (χ2n) is 12.6. The average Bonchev–Trinajstić information content (AvgIpc) is 3.02. The second kappa shape index (κ2) is 18.3. The van der Waals surface area contributed by atoms with Crippen molar-refractivity contribution in [2.24, 2.45) is 5.92 Å². The first kappa shape index (κ1) is 38.2. The third kappa shape index (κ3) is 11.8. The minimum atomic E-state index is -0.958. The zero-order valence-electron chi connectivity index (χ0n) is 29.5. The van der Waals surface area contributed by atoms with Crippen molar-refractivity contribution >= 4 is 28.7 Å². The summed E-state index contributed by atoms with van der Waals surface area (Å²) in [5.41, 5.74) is 4.59. The van der Waals surface area contributed by atoms with Gasteiger partial charge in [0, 0.05) is 56.3 Å². The molecule has 0 aliphatic carbocycles. The molecule has 0 saturated heterocycles. The Labute approximate surface area is 284 Å². The number of amides is 4. The molecule has 0 saturated carbocycles. The van der Waals surface area contributed by atoms with E-state index in [1.165, 1.54) is 5.01 Å². The number of urea groups is 1. The molecule has 4 amide bonds. The molecule has 1 heterocycles. The van der Waals surface area contributed by atoms with Crippen LogP contribution in [0.15, 0.2) is 60.8 Å². The molecule has 4 N–H and O–H groups in total. The third-order valence-corrected chi connectivity index (χ3v) is 7.36. The number of para-hydroxylation sites is 1. The van der Waals surface area contributed by atoms with Crippen molar-refractivity contribution in [2.45, 2.75) is 78.9 Å². The quantitative estimate of drug-likeness (QED) is 0.122. The maximum absolute atomic E-state index is 14.3. The zero-order valence-corrected chi connectivity index (χ0v) is 29.5. The Morgan fingerprint density at radius 3 is 2.21 bits per heavy atom. The van der Waals surface area contributed by atoms with Gasteiger partial charge >= 0.3 is 6.03 Å². The lowest BCUT2D eigenvalue weighted by Crippen LogP contribution is -2.54. The van der Waals surface area contributed by atoms with Gasteiger partial charge in [-0.2, -0.15) is 0 Å². The number of hydrazine groups is 1. The predicted octanol–water partition coefficient (Wildman–Crippen LogP) is 4.50. The molecule has 12 heteroatoms. The normalized spacial score (nSPS) is 13.5. The molecule has 3 aromatic rings. The molecule has 0 radical (unpaired) electrons. The Morgan fingerprint density at radius 2 is 1.58 bits per heavy atom. The highest BCUT2D eigenvalue weighted by Crippen LogP contribution is 2.31. The summed E-state index contributed by atoms with van der Waals surface area (Å²) in [7, 11) is 1.57. The molecule has 1 unspecified atom stereocenters. The van der Waals surface area contributed by atoms with Gasteiger partial charge in [-0.25, -0.2) is 9.80 Å². The molecule has 48 heavy (non-hydrogen) atoms. The van der Waals surface area contributed by atoms with Gasteiger partial charge in [0.25, 0.3) is 0 Å². The van der Waals surface area contributed by atoms with Crippen LogP contribution in [0.4, 0.5) is 4.79 Å². The van der Waals surface area contributed by atoms with Gasteiger partial charge in [0.15, 0.2) is 6.29 Å². The number of nitrogens with one attached hydrogen (secondary N) is 4. The summed E-state index contributed by atoms with van der Waals surface area (Å²) < 4.78 is 17.9. The van der Waals surface area contributed by atoms with Gasteiger partial charge in [0.2, 0.25) is 11.8 Å². The lowest BCUT2D eigenvalue weighted by Gasteiger charge is -2.33. The van der Waals surface area contributed by atoms with Crippen molar-refractivity contribution in [1.82, 2.24) is 31.4 Å². The van der Waals surface area contributed by atoms with Gasteiger partial charge < -0.3 is 30.2 Å². The molecule has 0 spiro atoms. The predicted molar refractivity (Wildman–Crippen MR) is 186 cm³/mol. The number of ether oxygens (including phenoxy) is 3. The third-order valence-electron chi connectivity index (χ3n) is 7.36. The number of nitrogens with zero attached hydrogens (tertiary/aromatic N) is 2.